The van der Waals surface area contributed by atoms with Crippen molar-refractivity contribution >= 4 is 17.2 Å². The Hall–Kier alpha value is -0.980. The number of thiazole rings is 1. The quantitative estimate of drug-likeness (QED) is 0.910. The minimum absolute atomic E-state index is 0.164. The number of aliphatic hydroxyl groups is 1. The number of aromatic nitrogens is 1. The van der Waals surface area contributed by atoms with Crippen LogP contribution in [0.1, 0.15) is 56.4 Å². The summed E-state index contributed by atoms with van der Waals surface area (Å²) >= 11 is 1.68. The van der Waals surface area contributed by atoms with Gasteiger partial charge in [0.25, 0.3) is 0 Å². The smallest absolute Gasteiger partial charge is 0.243 e. The van der Waals surface area contributed by atoms with E-state index in [1.165, 1.54) is 0 Å². The molecule has 1 N–H and O–H groups in total. The molecular formula is C18H27N3O2S. The van der Waals surface area contributed by atoms with Crippen molar-refractivity contribution in [1.29, 1.82) is 0 Å². The minimum Gasteiger partial charge on any atom is -0.393 e. The maximum atomic E-state index is 13.5. The average molecular weight is 350 g/mol. The Morgan fingerprint density at radius 2 is 1.96 bits per heavy atom. The Balaban J connectivity index is 1.52. The fourth-order valence-electron chi connectivity index (χ4n) is 4.92. The van der Waals surface area contributed by atoms with Crippen LogP contribution < -0.4 is 0 Å². The van der Waals surface area contributed by atoms with Crippen LogP contribution in [0.15, 0.2) is 11.6 Å². The van der Waals surface area contributed by atoms with E-state index < -0.39 is 0 Å². The molecule has 0 radical (unpaired) electrons. The Kier molecular flexibility index (Phi) is 4.62. The van der Waals surface area contributed by atoms with Gasteiger partial charge in [-0.2, -0.15) is 0 Å². The van der Waals surface area contributed by atoms with Crippen molar-refractivity contribution in [2.24, 2.45) is 0 Å². The highest BCUT2D eigenvalue weighted by molar-refractivity contribution is 7.09. The molecule has 0 bridgehead atoms. The Labute approximate surface area is 147 Å². The number of hydrogen-bond donors (Lipinski definition) is 1. The summed E-state index contributed by atoms with van der Waals surface area (Å²) in [5.41, 5.74) is -0.292. The first-order valence-corrected chi connectivity index (χ1v) is 10.2. The van der Waals surface area contributed by atoms with E-state index in [2.05, 4.69) is 14.8 Å². The van der Waals surface area contributed by atoms with Crippen LogP contribution in [0.4, 0.5) is 0 Å². The highest BCUT2D eigenvalue weighted by atomic mass is 32.1. The summed E-state index contributed by atoms with van der Waals surface area (Å²) in [6, 6.07) is 0.334. The molecule has 2 aliphatic heterocycles. The number of piperidine rings is 1. The summed E-state index contributed by atoms with van der Waals surface area (Å²) in [5, 5.41) is 12.9. The van der Waals surface area contributed by atoms with Gasteiger partial charge in [-0.05, 0) is 57.9 Å². The second-order valence-electron chi connectivity index (χ2n) is 7.55. The molecule has 3 heterocycles. The summed E-state index contributed by atoms with van der Waals surface area (Å²) in [7, 11) is 0. The van der Waals surface area contributed by atoms with Gasteiger partial charge in [0.15, 0.2) is 0 Å². The first-order chi connectivity index (χ1) is 11.7. The van der Waals surface area contributed by atoms with E-state index in [9.17, 15) is 9.90 Å². The van der Waals surface area contributed by atoms with Crippen LogP contribution in [-0.2, 0) is 11.3 Å². The molecule has 1 unspecified atom stereocenters. The summed E-state index contributed by atoms with van der Waals surface area (Å²) < 4.78 is 0. The van der Waals surface area contributed by atoms with Crippen LogP contribution in [0.2, 0.25) is 0 Å². The largest absolute Gasteiger partial charge is 0.393 e. The second kappa shape index (κ2) is 6.73. The number of carbonyl (C=O) groups is 1. The number of amides is 1. The van der Waals surface area contributed by atoms with E-state index >= 15 is 0 Å². The van der Waals surface area contributed by atoms with Crippen molar-refractivity contribution in [3.05, 3.63) is 16.6 Å². The van der Waals surface area contributed by atoms with E-state index in [0.29, 0.717) is 11.9 Å². The first kappa shape index (κ1) is 16.5. The molecule has 3 fully saturated rings. The number of hydrogen-bond acceptors (Lipinski definition) is 5. The van der Waals surface area contributed by atoms with Crippen molar-refractivity contribution in [3.63, 3.8) is 0 Å². The molecule has 5 nitrogen and oxygen atoms in total. The topological polar surface area (TPSA) is 56.7 Å². The molecule has 1 aromatic heterocycles. The van der Waals surface area contributed by atoms with Crippen molar-refractivity contribution in [2.45, 2.75) is 75.6 Å². The molecule has 1 spiro atoms. The summed E-state index contributed by atoms with van der Waals surface area (Å²) in [6.45, 7) is 2.70. The predicted octanol–water partition coefficient (Wildman–Crippen LogP) is 2.40. The molecule has 1 amide bonds. The van der Waals surface area contributed by atoms with Crippen LogP contribution in [0, 0.1) is 0 Å². The lowest BCUT2D eigenvalue weighted by Crippen LogP contribution is -2.62. The van der Waals surface area contributed by atoms with Gasteiger partial charge in [-0.25, -0.2) is 4.98 Å². The number of likely N-dealkylation sites (tertiary alicyclic amines) is 2. The zero-order valence-corrected chi connectivity index (χ0v) is 15.0. The lowest BCUT2D eigenvalue weighted by molar-refractivity contribution is -0.152. The van der Waals surface area contributed by atoms with Gasteiger partial charge in [0.2, 0.25) is 5.91 Å². The lowest BCUT2D eigenvalue weighted by atomic mass is 9.82. The zero-order chi connectivity index (χ0) is 16.6. The van der Waals surface area contributed by atoms with Gasteiger partial charge in [-0.15, -0.1) is 11.3 Å². The van der Waals surface area contributed by atoms with Crippen molar-refractivity contribution in [2.75, 3.05) is 13.1 Å². The lowest BCUT2D eigenvalue weighted by Gasteiger charge is -2.48. The monoisotopic (exact) mass is 349 g/mol. The van der Waals surface area contributed by atoms with Gasteiger partial charge in [0.1, 0.15) is 10.5 Å². The van der Waals surface area contributed by atoms with E-state index in [4.69, 9.17) is 0 Å². The molecule has 2 saturated heterocycles. The molecule has 1 atom stereocenters. The van der Waals surface area contributed by atoms with E-state index in [-0.39, 0.29) is 11.6 Å². The second-order valence-corrected chi connectivity index (χ2v) is 8.53. The highest BCUT2D eigenvalue weighted by Crippen LogP contribution is 2.41. The third-order valence-electron chi connectivity index (χ3n) is 6.19. The van der Waals surface area contributed by atoms with Gasteiger partial charge >= 0.3 is 0 Å². The molecular weight excluding hydrogens is 322 g/mol. The third kappa shape index (κ3) is 2.89. The Morgan fingerprint density at radius 1 is 1.21 bits per heavy atom. The molecule has 4 rings (SSSR count). The molecule has 3 aliphatic rings. The van der Waals surface area contributed by atoms with Crippen LogP contribution in [0.25, 0.3) is 0 Å². The summed E-state index contributed by atoms with van der Waals surface area (Å²) in [4.78, 5) is 22.5. The maximum Gasteiger partial charge on any atom is 0.243 e. The molecule has 24 heavy (non-hydrogen) atoms. The standard InChI is InChI=1S/C18H27N3O2S/c22-15-5-3-14(4-6-15)21-11-2-8-18(17(21)23)7-1-10-20(18)13-16-19-9-12-24-16/h9,12,14-15,22H,1-8,10-11,13H2. The fourth-order valence-corrected chi connectivity index (χ4v) is 5.55. The molecule has 6 heteroatoms. The molecule has 1 saturated carbocycles. The average Bonchev–Trinajstić information content (AvgIpc) is 3.23. The Bertz CT molecular complexity index is 571. The van der Waals surface area contributed by atoms with Crippen LogP contribution in [-0.4, -0.2) is 56.6 Å². The SMILES string of the molecule is O=C1N(C2CCC(O)CC2)CCCC12CCCN2Cc1nccs1. The first-order valence-electron chi connectivity index (χ1n) is 9.32. The van der Waals surface area contributed by atoms with Crippen molar-refractivity contribution < 1.29 is 9.90 Å². The van der Waals surface area contributed by atoms with Gasteiger partial charge in [0.05, 0.1) is 12.6 Å². The van der Waals surface area contributed by atoms with Gasteiger partial charge in [-0.1, -0.05) is 0 Å². The zero-order valence-electron chi connectivity index (χ0n) is 14.2. The molecule has 1 aliphatic carbocycles. The molecule has 0 aromatic carbocycles. The minimum atomic E-state index is -0.292. The van der Waals surface area contributed by atoms with E-state index in [1.54, 1.807) is 11.3 Å². The van der Waals surface area contributed by atoms with Crippen molar-refractivity contribution in [3.8, 4) is 0 Å². The fraction of sp³-hybridized carbons (Fsp3) is 0.778. The van der Waals surface area contributed by atoms with Crippen LogP contribution >= 0.6 is 11.3 Å². The maximum absolute atomic E-state index is 13.5. The number of aliphatic hydroxyl groups excluding tert-OH is 1. The van der Waals surface area contributed by atoms with E-state index in [1.807, 2.05) is 11.6 Å². The van der Waals surface area contributed by atoms with Gasteiger partial charge in [-0.3, -0.25) is 9.69 Å². The summed E-state index contributed by atoms with van der Waals surface area (Å²) in [5.74, 6) is 0.351. The molecule has 1 aromatic rings. The van der Waals surface area contributed by atoms with Gasteiger partial charge < -0.3 is 10.0 Å². The number of nitrogens with zero attached hydrogens (tertiary/aromatic N) is 3. The molecule has 132 valence electrons. The number of carbonyl (C=O) groups excluding carboxylic acids is 1. The predicted molar refractivity (Wildman–Crippen MR) is 93.7 cm³/mol. The van der Waals surface area contributed by atoms with Crippen molar-refractivity contribution in [1.82, 2.24) is 14.8 Å². The highest BCUT2D eigenvalue weighted by Gasteiger charge is 2.52. The Morgan fingerprint density at radius 3 is 2.67 bits per heavy atom. The third-order valence-corrected chi connectivity index (χ3v) is 6.95. The van der Waals surface area contributed by atoms with Gasteiger partial charge in [0, 0.05) is 24.2 Å². The summed E-state index contributed by atoms with van der Waals surface area (Å²) in [6.07, 6.45) is 9.45. The van der Waals surface area contributed by atoms with Crippen LogP contribution in [0.3, 0.4) is 0 Å². The number of rotatable bonds is 3. The van der Waals surface area contributed by atoms with Crippen LogP contribution in [0.5, 0.6) is 0 Å². The van der Waals surface area contributed by atoms with E-state index in [0.717, 1.165) is 76.0 Å². The normalized spacial score (nSPS) is 35.0.